The van der Waals surface area contributed by atoms with E-state index < -0.39 is 11.6 Å². The van der Waals surface area contributed by atoms with E-state index in [9.17, 15) is 13.6 Å². The molecule has 48 heavy (non-hydrogen) atoms. The van der Waals surface area contributed by atoms with Gasteiger partial charge in [-0.2, -0.15) is 0 Å². The highest BCUT2D eigenvalue weighted by atomic mass is 19.1. The summed E-state index contributed by atoms with van der Waals surface area (Å²) in [5.41, 5.74) is 1.27. The summed E-state index contributed by atoms with van der Waals surface area (Å²) in [6.07, 6.45) is 3.82. The maximum Gasteiger partial charge on any atom is 0.222 e. The summed E-state index contributed by atoms with van der Waals surface area (Å²) in [6.45, 7) is 7.71. The van der Waals surface area contributed by atoms with Crippen LogP contribution in [0.1, 0.15) is 37.2 Å². The molecule has 2 aromatic carbocycles. The van der Waals surface area contributed by atoms with Gasteiger partial charge in [0.1, 0.15) is 28.9 Å². The molecule has 0 unspecified atom stereocenters. The number of amides is 1. The minimum atomic E-state index is -0.740. The monoisotopic (exact) mass is 660 g/mol. The highest BCUT2D eigenvalue weighted by Crippen LogP contribution is 2.28. The van der Waals surface area contributed by atoms with E-state index >= 15 is 0 Å². The van der Waals surface area contributed by atoms with Crippen molar-refractivity contribution in [1.82, 2.24) is 19.9 Å². The first-order chi connectivity index (χ1) is 23.3. The van der Waals surface area contributed by atoms with Gasteiger partial charge in [-0.05, 0) is 25.5 Å². The number of ether oxygens (including phenoxy) is 3. The summed E-state index contributed by atoms with van der Waals surface area (Å²) < 4.78 is 46.2. The van der Waals surface area contributed by atoms with E-state index in [2.05, 4.69) is 35.8 Å². The number of pyridine rings is 1. The van der Waals surface area contributed by atoms with Crippen molar-refractivity contribution in [3.63, 3.8) is 0 Å². The van der Waals surface area contributed by atoms with E-state index in [-0.39, 0.29) is 41.9 Å². The number of halogens is 2. The Bertz CT molecular complexity index is 1710. The van der Waals surface area contributed by atoms with Gasteiger partial charge >= 0.3 is 0 Å². The summed E-state index contributed by atoms with van der Waals surface area (Å²) in [4.78, 5) is 27.2. The Morgan fingerprint density at radius 2 is 1.83 bits per heavy atom. The van der Waals surface area contributed by atoms with Crippen molar-refractivity contribution in [2.24, 2.45) is 0 Å². The molecule has 0 aliphatic carbocycles. The SMILES string of the molecule is CCOc1cc(F)c(CNc2ccccc2C(=N)c2ncc(OCCCN3CCOCC3)c(Nc3ccnc(NC(C)=O)c3)n2)c(F)c1. The summed E-state index contributed by atoms with van der Waals surface area (Å²) in [5.74, 6) is -0.513. The predicted octanol–water partition coefficient (Wildman–Crippen LogP) is 5.38. The van der Waals surface area contributed by atoms with Crippen LogP contribution in [0.15, 0.2) is 60.9 Å². The summed E-state index contributed by atoms with van der Waals surface area (Å²) in [7, 11) is 0. The van der Waals surface area contributed by atoms with Crippen molar-refractivity contribution in [3.05, 3.63) is 89.5 Å². The Kier molecular flexibility index (Phi) is 11.8. The lowest BCUT2D eigenvalue weighted by Crippen LogP contribution is -2.37. The first kappa shape index (κ1) is 34.1. The van der Waals surface area contributed by atoms with Crippen LogP contribution in [0, 0.1) is 17.0 Å². The molecule has 14 heteroatoms. The van der Waals surface area contributed by atoms with Gasteiger partial charge in [0.05, 0.1) is 32.6 Å². The van der Waals surface area contributed by atoms with Crippen molar-refractivity contribution >= 4 is 34.6 Å². The first-order valence-corrected chi connectivity index (χ1v) is 15.6. The second kappa shape index (κ2) is 16.6. The highest BCUT2D eigenvalue weighted by molar-refractivity contribution is 6.12. The third-order valence-electron chi connectivity index (χ3n) is 7.36. The molecular formula is C34H38F2N8O4. The fraction of sp³-hybridized carbons (Fsp3) is 0.324. The number of nitrogens with zero attached hydrogens (tertiary/aromatic N) is 4. The molecular weight excluding hydrogens is 622 g/mol. The Morgan fingerprint density at radius 1 is 1.06 bits per heavy atom. The molecule has 4 N–H and O–H groups in total. The van der Waals surface area contributed by atoms with E-state index in [1.54, 1.807) is 49.5 Å². The zero-order chi connectivity index (χ0) is 33.9. The van der Waals surface area contributed by atoms with Gasteiger partial charge in [-0.15, -0.1) is 0 Å². The van der Waals surface area contributed by atoms with Crippen molar-refractivity contribution in [2.45, 2.75) is 26.8 Å². The van der Waals surface area contributed by atoms with Gasteiger partial charge in [0, 0.05) is 80.0 Å². The lowest BCUT2D eigenvalue weighted by atomic mass is 10.1. The highest BCUT2D eigenvalue weighted by Gasteiger charge is 2.18. The molecule has 1 amide bonds. The maximum atomic E-state index is 14.7. The first-order valence-electron chi connectivity index (χ1n) is 15.6. The van der Waals surface area contributed by atoms with Gasteiger partial charge in [-0.25, -0.2) is 23.7 Å². The Hall–Kier alpha value is -5.21. The number of aromatic nitrogens is 3. The second-order valence-electron chi connectivity index (χ2n) is 10.9. The van der Waals surface area contributed by atoms with Crippen molar-refractivity contribution in [3.8, 4) is 11.5 Å². The third-order valence-corrected chi connectivity index (χ3v) is 7.36. The van der Waals surface area contributed by atoms with Crippen LogP contribution < -0.4 is 25.4 Å². The lowest BCUT2D eigenvalue weighted by molar-refractivity contribution is -0.114. The molecule has 2 aromatic heterocycles. The standard InChI is InChI=1S/C34H38F2N8O4/c1-3-47-24-18-27(35)26(28(36)19-24)20-39-29-8-5-4-7-25(29)32(37)34-40-21-30(48-14-6-11-44-12-15-46-16-13-44)33(43-34)42-23-9-10-38-31(17-23)41-22(2)45/h4-5,7-10,17-19,21,37,39H,3,6,11-16,20H2,1-2H3,(H2,38,40,41,42,43,45). The Labute approximate surface area is 277 Å². The summed E-state index contributed by atoms with van der Waals surface area (Å²) in [5, 5.41) is 17.9. The molecule has 5 rings (SSSR count). The van der Waals surface area contributed by atoms with Crippen LogP contribution in [0.4, 0.5) is 31.8 Å². The van der Waals surface area contributed by atoms with E-state index in [0.29, 0.717) is 40.9 Å². The Morgan fingerprint density at radius 3 is 2.58 bits per heavy atom. The van der Waals surface area contributed by atoms with Gasteiger partial charge in [0.2, 0.25) is 5.91 Å². The zero-order valence-electron chi connectivity index (χ0n) is 26.8. The van der Waals surface area contributed by atoms with Crippen molar-refractivity contribution < 1.29 is 27.8 Å². The molecule has 0 saturated carbocycles. The number of hydrogen-bond donors (Lipinski definition) is 4. The quantitative estimate of drug-likeness (QED) is 0.0968. The van der Waals surface area contributed by atoms with Gasteiger partial charge in [-0.1, -0.05) is 18.2 Å². The van der Waals surface area contributed by atoms with Crippen molar-refractivity contribution in [1.29, 1.82) is 5.41 Å². The van der Waals surface area contributed by atoms with E-state index in [1.807, 2.05) is 0 Å². The molecule has 1 aliphatic heterocycles. The van der Waals surface area contributed by atoms with E-state index in [1.165, 1.54) is 13.1 Å². The average molecular weight is 661 g/mol. The summed E-state index contributed by atoms with van der Waals surface area (Å²) in [6, 6.07) is 12.6. The number of carbonyl (C=O) groups is 1. The maximum absolute atomic E-state index is 14.7. The molecule has 3 heterocycles. The lowest BCUT2D eigenvalue weighted by Gasteiger charge is -2.26. The van der Waals surface area contributed by atoms with E-state index in [4.69, 9.17) is 19.6 Å². The summed E-state index contributed by atoms with van der Waals surface area (Å²) >= 11 is 0. The molecule has 4 aromatic rings. The van der Waals surface area contributed by atoms with E-state index in [0.717, 1.165) is 51.4 Å². The fourth-order valence-electron chi connectivity index (χ4n) is 5.03. The van der Waals surface area contributed by atoms with Gasteiger partial charge in [0.25, 0.3) is 0 Å². The number of nitrogens with one attached hydrogen (secondary N) is 4. The number of rotatable bonds is 15. The van der Waals surface area contributed by atoms with Crippen LogP contribution >= 0.6 is 0 Å². The van der Waals surface area contributed by atoms with Crippen LogP contribution in [0.5, 0.6) is 11.5 Å². The third kappa shape index (κ3) is 9.20. The number of para-hydroxylation sites is 1. The molecule has 12 nitrogen and oxygen atoms in total. The molecule has 0 spiro atoms. The van der Waals surface area contributed by atoms with Gasteiger partial charge in [-0.3, -0.25) is 15.1 Å². The molecule has 0 atom stereocenters. The molecule has 0 radical (unpaired) electrons. The average Bonchev–Trinajstić information content (AvgIpc) is 3.07. The number of anilines is 4. The van der Waals surface area contributed by atoms with Gasteiger partial charge < -0.3 is 30.2 Å². The molecule has 1 aliphatic rings. The fourth-order valence-corrected chi connectivity index (χ4v) is 5.03. The van der Waals surface area contributed by atoms with Crippen LogP contribution in [0.25, 0.3) is 0 Å². The number of hydrogen-bond acceptors (Lipinski definition) is 11. The minimum Gasteiger partial charge on any atom is -0.494 e. The largest absolute Gasteiger partial charge is 0.494 e. The number of morpholine rings is 1. The normalized spacial score (nSPS) is 13.1. The molecule has 252 valence electrons. The van der Waals surface area contributed by atoms with Crippen molar-refractivity contribution in [2.75, 3.05) is 62.0 Å². The Balaban J connectivity index is 1.36. The van der Waals surface area contributed by atoms with Crippen LogP contribution in [-0.4, -0.2) is 77.5 Å². The zero-order valence-corrected chi connectivity index (χ0v) is 26.8. The molecule has 1 saturated heterocycles. The number of benzene rings is 2. The molecule has 1 fully saturated rings. The number of carbonyl (C=O) groups excluding carboxylic acids is 1. The topological polar surface area (TPSA) is 147 Å². The van der Waals surface area contributed by atoms with Crippen LogP contribution in [-0.2, 0) is 16.1 Å². The molecule has 0 bridgehead atoms. The van der Waals surface area contributed by atoms with Crippen LogP contribution in [0.2, 0.25) is 0 Å². The minimum absolute atomic E-state index is 0.0266. The predicted molar refractivity (Wildman–Crippen MR) is 178 cm³/mol. The smallest absolute Gasteiger partial charge is 0.222 e. The van der Waals surface area contributed by atoms with Gasteiger partial charge in [0.15, 0.2) is 17.4 Å². The van der Waals surface area contributed by atoms with Crippen LogP contribution in [0.3, 0.4) is 0 Å². The second-order valence-corrected chi connectivity index (χ2v) is 10.9.